The summed E-state index contributed by atoms with van der Waals surface area (Å²) in [6.45, 7) is 0. The minimum absolute atomic E-state index is 0. The van der Waals surface area contributed by atoms with Crippen molar-refractivity contribution in [3.63, 3.8) is 0 Å². The maximum atomic E-state index is 2.28. The van der Waals surface area contributed by atoms with Crippen molar-refractivity contribution in [3.8, 4) is 0 Å². The summed E-state index contributed by atoms with van der Waals surface area (Å²) in [6, 6.07) is 32.9. The van der Waals surface area contributed by atoms with Crippen LogP contribution in [0.15, 0.2) is 91.0 Å². The molecule has 20 heavy (non-hydrogen) atoms. The van der Waals surface area contributed by atoms with E-state index < -0.39 is 20.2 Å². The van der Waals surface area contributed by atoms with Crippen molar-refractivity contribution in [1.29, 1.82) is 0 Å². The zero-order chi connectivity index (χ0) is 12.9. The van der Waals surface area contributed by atoms with E-state index in [0.717, 1.165) is 0 Å². The number of hydrogen-bond donors (Lipinski definition) is 0. The van der Waals surface area contributed by atoms with Crippen LogP contribution in [0, 0.1) is 0 Å². The Morgan fingerprint density at radius 1 is 0.400 bits per heavy atom. The van der Waals surface area contributed by atoms with E-state index in [0.29, 0.717) is 0 Å². The van der Waals surface area contributed by atoms with Crippen LogP contribution in [0.25, 0.3) is 0 Å². The van der Waals surface area contributed by atoms with Gasteiger partial charge in [0.05, 0.1) is 0 Å². The average molecular weight is 481 g/mol. The molecule has 2 heteroatoms. The Labute approximate surface area is 144 Å². The van der Waals surface area contributed by atoms with Crippen molar-refractivity contribution in [2.24, 2.45) is 0 Å². The van der Waals surface area contributed by atoms with Crippen LogP contribution in [0.4, 0.5) is 0 Å². The summed E-state index contributed by atoms with van der Waals surface area (Å²) in [7, 11) is 0. The number of rotatable bonds is 3. The summed E-state index contributed by atoms with van der Waals surface area (Å²) in [5, 5.41) is 0. The van der Waals surface area contributed by atoms with E-state index >= 15 is 0 Å². The minimum atomic E-state index is -1.83. The maximum absolute atomic E-state index is 2.28. The van der Waals surface area contributed by atoms with E-state index in [1.165, 1.54) is 10.5 Å². The van der Waals surface area contributed by atoms with Crippen molar-refractivity contribution in [2.45, 2.75) is 0 Å². The van der Waals surface area contributed by atoms with Crippen LogP contribution in [0.2, 0.25) is 0 Å². The first kappa shape index (κ1) is 15.6. The van der Waals surface area contributed by atoms with E-state index in [2.05, 4.69) is 91.0 Å². The van der Waals surface area contributed by atoms with E-state index in [1.54, 1.807) is 0 Å². The molecule has 0 nitrogen and oxygen atoms in total. The van der Waals surface area contributed by atoms with Gasteiger partial charge in [-0.1, -0.05) is 0 Å². The fourth-order valence-electron chi connectivity index (χ4n) is 2.18. The van der Waals surface area contributed by atoms with Gasteiger partial charge in [0.25, 0.3) is 0 Å². The fourth-order valence-corrected chi connectivity index (χ4v) is 8.76. The van der Waals surface area contributed by atoms with Crippen LogP contribution in [-0.4, -0.2) is 20.2 Å². The Hall–Kier alpha value is -0.792. The second kappa shape index (κ2) is 7.85. The molecule has 0 heterocycles. The third-order valence-corrected chi connectivity index (χ3v) is 10.0. The summed E-state index contributed by atoms with van der Waals surface area (Å²) >= 11 is -1.83. The van der Waals surface area contributed by atoms with E-state index in [-0.39, 0.29) is 24.0 Å². The molecule has 0 atom stereocenters. The molecule has 0 bridgehead atoms. The van der Waals surface area contributed by atoms with Crippen molar-refractivity contribution in [1.82, 2.24) is 0 Å². The average Bonchev–Trinajstić information content (AvgIpc) is 2.51. The third kappa shape index (κ3) is 3.65. The molecule has 0 amide bonds. The molecule has 3 aromatic rings. The standard InChI is InChI=1S/3C6H5.HI.Sb/c3*1-2-4-6-5-3-1;;/h3*1-5H;1H;. The van der Waals surface area contributed by atoms with Gasteiger partial charge in [-0.25, -0.2) is 0 Å². The van der Waals surface area contributed by atoms with Gasteiger partial charge in [-0.05, 0) is 0 Å². The Morgan fingerprint density at radius 2 is 0.650 bits per heavy atom. The molecule has 3 rings (SSSR count). The first-order chi connectivity index (χ1) is 9.45. The topological polar surface area (TPSA) is 0 Å². The van der Waals surface area contributed by atoms with Crippen molar-refractivity contribution in [3.05, 3.63) is 91.0 Å². The Kier molecular flexibility index (Phi) is 6.12. The normalized spacial score (nSPS) is 10.1. The van der Waals surface area contributed by atoms with E-state index in [1.807, 2.05) is 0 Å². The van der Waals surface area contributed by atoms with Gasteiger partial charge in [-0.15, -0.1) is 24.0 Å². The zero-order valence-electron chi connectivity index (χ0n) is 11.0. The summed E-state index contributed by atoms with van der Waals surface area (Å²) < 4.78 is 4.55. The number of halogens is 1. The van der Waals surface area contributed by atoms with Crippen molar-refractivity contribution < 1.29 is 0 Å². The molecule has 0 saturated heterocycles. The molecule has 100 valence electrons. The first-order valence-electron chi connectivity index (χ1n) is 6.40. The van der Waals surface area contributed by atoms with E-state index in [9.17, 15) is 0 Å². The molecule has 0 N–H and O–H groups in total. The quantitative estimate of drug-likeness (QED) is 0.399. The molecule has 0 spiro atoms. The SMILES string of the molecule is I.c1cc[c]([Sb]([c]2ccccc2)[c]2ccccc2)cc1. The Morgan fingerprint density at radius 3 is 0.900 bits per heavy atom. The van der Waals surface area contributed by atoms with Gasteiger partial charge in [0.15, 0.2) is 0 Å². The molecule has 3 aromatic carbocycles. The summed E-state index contributed by atoms with van der Waals surface area (Å²) in [4.78, 5) is 0. The molecule has 0 radical (unpaired) electrons. The molecule has 0 aromatic heterocycles. The van der Waals surface area contributed by atoms with Crippen LogP contribution < -0.4 is 10.5 Å². The van der Waals surface area contributed by atoms with Crippen LogP contribution in [0.3, 0.4) is 0 Å². The van der Waals surface area contributed by atoms with Crippen molar-refractivity contribution >= 4 is 54.7 Å². The molecule has 0 saturated carbocycles. The van der Waals surface area contributed by atoms with Gasteiger partial charge < -0.3 is 0 Å². The predicted molar refractivity (Wildman–Crippen MR) is 99.4 cm³/mol. The van der Waals surface area contributed by atoms with Crippen LogP contribution >= 0.6 is 24.0 Å². The fraction of sp³-hybridized carbons (Fsp3) is 0. The third-order valence-electron chi connectivity index (χ3n) is 3.04. The summed E-state index contributed by atoms with van der Waals surface area (Å²) in [5.41, 5.74) is 0. The number of benzene rings is 3. The second-order valence-corrected chi connectivity index (χ2v) is 10.7. The molecule has 0 aliphatic rings. The summed E-state index contributed by atoms with van der Waals surface area (Å²) in [5.74, 6) is 0. The first-order valence-corrected chi connectivity index (χ1v) is 10.2. The molecular formula is C18H16ISb. The van der Waals surface area contributed by atoms with Gasteiger partial charge in [0.2, 0.25) is 0 Å². The predicted octanol–water partition coefficient (Wildman–Crippen LogP) is 2.82. The van der Waals surface area contributed by atoms with Gasteiger partial charge in [0.1, 0.15) is 0 Å². The van der Waals surface area contributed by atoms with Gasteiger partial charge >= 0.3 is 122 Å². The summed E-state index contributed by atoms with van der Waals surface area (Å²) in [6.07, 6.45) is 0. The van der Waals surface area contributed by atoms with E-state index in [4.69, 9.17) is 0 Å². The van der Waals surface area contributed by atoms with Gasteiger partial charge in [-0.3, -0.25) is 0 Å². The molecule has 0 aliphatic carbocycles. The second-order valence-electron chi connectivity index (χ2n) is 4.34. The molecule has 0 aliphatic heterocycles. The van der Waals surface area contributed by atoms with Crippen LogP contribution in [0.1, 0.15) is 0 Å². The Bertz CT molecular complexity index is 529. The van der Waals surface area contributed by atoms with Crippen LogP contribution in [-0.2, 0) is 0 Å². The Balaban J connectivity index is 0.00000147. The van der Waals surface area contributed by atoms with Crippen molar-refractivity contribution in [2.75, 3.05) is 0 Å². The monoisotopic (exact) mass is 480 g/mol. The van der Waals surface area contributed by atoms with Gasteiger partial charge in [0, 0.05) is 0 Å². The molecule has 0 fully saturated rings. The van der Waals surface area contributed by atoms with Crippen LogP contribution in [0.5, 0.6) is 0 Å². The number of hydrogen-bond acceptors (Lipinski definition) is 0. The molecular weight excluding hydrogens is 465 g/mol. The molecule has 0 unspecified atom stereocenters. The zero-order valence-corrected chi connectivity index (χ0v) is 15.9. The van der Waals surface area contributed by atoms with Gasteiger partial charge in [-0.2, -0.15) is 0 Å².